The van der Waals surface area contributed by atoms with Gasteiger partial charge in [0.25, 0.3) is 0 Å². The first-order valence-electron chi connectivity index (χ1n) is 10.3. The summed E-state index contributed by atoms with van der Waals surface area (Å²) < 4.78 is 40.9. The zero-order chi connectivity index (χ0) is 24.3. The number of amides is 1. The average Bonchev–Trinajstić information content (AvgIpc) is 3.30. The first kappa shape index (κ1) is 24.7. The molecule has 3 rings (SSSR count). The van der Waals surface area contributed by atoms with Crippen molar-refractivity contribution >= 4 is 34.0 Å². The van der Waals surface area contributed by atoms with Gasteiger partial charge in [0.1, 0.15) is 16.8 Å². The summed E-state index contributed by atoms with van der Waals surface area (Å²) in [6.07, 6.45) is -3.09. The molecule has 1 amide bonds. The Balaban J connectivity index is 1.77. The second-order valence-electron chi connectivity index (χ2n) is 7.71. The minimum absolute atomic E-state index is 0.0649. The van der Waals surface area contributed by atoms with E-state index < -0.39 is 35.8 Å². The van der Waals surface area contributed by atoms with Gasteiger partial charge in [0.15, 0.2) is 5.78 Å². The Morgan fingerprint density at radius 1 is 1.21 bits per heavy atom. The molecule has 0 bridgehead atoms. The van der Waals surface area contributed by atoms with Crippen LogP contribution in [-0.2, 0) is 16.0 Å². The summed E-state index contributed by atoms with van der Waals surface area (Å²) in [6, 6.07) is 5.38. The number of halogens is 3. The molecule has 0 unspecified atom stereocenters. The fraction of sp³-hybridized carbons (Fsp3) is 0.409. The predicted molar refractivity (Wildman–Crippen MR) is 116 cm³/mol. The molecule has 1 saturated heterocycles. The van der Waals surface area contributed by atoms with E-state index in [-0.39, 0.29) is 23.7 Å². The second kappa shape index (κ2) is 9.92. The lowest BCUT2D eigenvalue weighted by atomic mass is 10.0. The molecular weight excluding hydrogens is 461 g/mol. The number of thiophene rings is 1. The largest absolute Gasteiger partial charge is 0.573 e. The number of carboxylic acid groups (broad SMARTS) is 1. The monoisotopic (exact) mass is 484 g/mol. The van der Waals surface area contributed by atoms with Crippen molar-refractivity contribution in [2.45, 2.75) is 51.6 Å². The number of carbonyl (C=O) groups excluding carboxylic acids is 2. The van der Waals surface area contributed by atoms with Crippen molar-refractivity contribution in [2.75, 3.05) is 11.9 Å². The van der Waals surface area contributed by atoms with Gasteiger partial charge in [-0.05, 0) is 56.5 Å². The Kier molecular flexibility index (Phi) is 7.43. The van der Waals surface area contributed by atoms with Crippen LogP contribution in [0.2, 0.25) is 0 Å². The highest BCUT2D eigenvalue weighted by Gasteiger charge is 2.36. The molecule has 1 aromatic heterocycles. The predicted octanol–water partition coefficient (Wildman–Crippen LogP) is 4.32. The Hall–Kier alpha value is -2.92. The van der Waals surface area contributed by atoms with Crippen LogP contribution in [0, 0.1) is 0 Å². The van der Waals surface area contributed by atoms with Crippen molar-refractivity contribution in [1.82, 2.24) is 4.90 Å². The first-order valence-corrected chi connectivity index (χ1v) is 11.1. The molecule has 1 aliphatic heterocycles. The standard InChI is InChI=1S/C22H23F3N2O5S/c1-3-15-10-16(19(29)13-5-7-14(8-6-13)32-22(23,24)25)20(33-15)26-18(28)11-27-12(2)4-9-17(27)21(30)31/h5-8,10,12,17H,3-4,9,11H2,1-2H3,(H,26,28)(H,30,31)/t12-,17+/m0/s1. The highest BCUT2D eigenvalue weighted by Crippen LogP contribution is 2.32. The van der Waals surface area contributed by atoms with Gasteiger partial charge >= 0.3 is 12.3 Å². The number of carboxylic acids is 1. The van der Waals surface area contributed by atoms with E-state index in [4.69, 9.17) is 0 Å². The summed E-state index contributed by atoms with van der Waals surface area (Å²) in [4.78, 5) is 39.6. The zero-order valence-corrected chi connectivity index (χ0v) is 18.8. The molecule has 0 aliphatic carbocycles. The molecule has 2 heterocycles. The van der Waals surface area contributed by atoms with Crippen molar-refractivity contribution in [3.8, 4) is 5.75 Å². The maximum absolute atomic E-state index is 13.0. The molecule has 0 radical (unpaired) electrons. The quantitative estimate of drug-likeness (QED) is 0.542. The summed E-state index contributed by atoms with van der Waals surface area (Å²) >= 11 is 1.23. The minimum Gasteiger partial charge on any atom is -0.480 e. The number of aryl methyl sites for hydroxylation is 1. The van der Waals surface area contributed by atoms with Crippen LogP contribution in [0.4, 0.5) is 18.2 Å². The molecule has 33 heavy (non-hydrogen) atoms. The number of ketones is 1. The van der Waals surface area contributed by atoms with Gasteiger partial charge in [0, 0.05) is 16.5 Å². The topological polar surface area (TPSA) is 95.9 Å². The number of rotatable bonds is 8. The molecule has 2 atom stereocenters. The van der Waals surface area contributed by atoms with Crippen molar-refractivity contribution < 1.29 is 37.4 Å². The first-order chi connectivity index (χ1) is 15.5. The van der Waals surface area contributed by atoms with Crippen molar-refractivity contribution in [2.24, 2.45) is 0 Å². The van der Waals surface area contributed by atoms with E-state index in [0.717, 1.165) is 17.0 Å². The lowest BCUT2D eigenvalue weighted by Gasteiger charge is -2.24. The van der Waals surface area contributed by atoms with E-state index in [0.29, 0.717) is 24.3 Å². The van der Waals surface area contributed by atoms with Crippen molar-refractivity contribution in [3.05, 3.63) is 46.3 Å². The molecule has 11 heteroatoms. The van der Waals surface area contributed by atoms with Crippen LogP contribution < -0.4 is 10.1 Å². The molecule has 2 aromatic rings. The molecule has 1 aliphatic rings. The highest BCUT2D eigenvalue weighted by molar-refractivity contribution is 7.16. The molecule has 1 aromatic carbocycles. The molecule has 0 spiro atoms. The summed E-state index contributed by atoms with van der Waals surface area (Å²) in [6.45, 7) is 3.62. The number of nitrogens with zero attached hydrogens (tertiary/aromatic N) is 1. The van der Waals surface area contributed by atoms with Crippen LogP contribution in [-0.4, -0.2) is 52.7 Å². The van der Waals surface area contributed by atoms with Gasteiger partial charge in [0.2, 0.25) is 5.91 Å². The van der Waals surface area contributed by atoms with Crippen molar-refractivity contribution in [1.29, 1.82) is 0 Å². The Morgan fingerprint density at radius 2 is 1.88 bits per heavy atom. The minimum atomic E-state index is -4.83. The van der Waals surface area contributed by atoms with E-state index in [1.807, 2.05) is 13.8 Å². The summed E-state index contributed by atoms with van der Waals surface area (Å²) in [5, 5.41) is 12.4. The number of hydrogen-bond donors (Lipinski definition) is 2. The fourth-order valence-corrected chi connectivity index (χ4v) is 4.75. The molecule has 0 saturated carbocycles. The van der Waals surface area contributed by atoms with E-state index in [1.165, 1.54) is 23.5 Å². The average molecular weight is 484 g/mol. The van der Waals surface area contributed by atoms with Crippen LogP contribution in [0.1, 0.15) is 47.5 Å². The van der Waals surface area contributed by atoms with Gasteiger partial charge in [-0.2, -0.15) is 0 Å². The van der Waals surface area contributed by atoms with E-state index in [2.05, 4.69) is 10.1 Å². The Labute approximate surface area is 192 Å². The van der Waals surface area contributed by atoms with Gasteiger partial charge in [-0.1, -0.05) is 6.92 Å². The molecule has 1 fully saturated rings. The van der Waals surface area contributed by atoms with Gasteiger partial charge in [-0.25, -0.2) is 0 Å². The van der Waals surface area contributed by atoms with Crippen LogP contribution in [0.25, 0.3) is 0 Å². The maximum Gasteiger partial charge on any atom is 0.573 e. The number of benzene rings is 1. The maximum atomic E-state index is 13.0. The van der Waals surface area contributed by atoms with Crippen LogP contribution >= 0.6 is 11.3 Å². The highest BCUT2D eigenvalue weighted by atomic mass is 32.1. The van der Waals surface area contributed by atoms with Crippen LogP contribution in [0.3, 0.4) is 0 Å². The van der Waals surface area contributed by atoms with E-state index in [9.17, 15) is 32.7 Å². The third-order valence-electron chi connectivity index (χ3n) is 5.41. The fourth-order valence-electron chi connectivity index (χ4n) is 3.74. The smallest absolute Gasteiger partial charge is 0.480 e. The van der Waals surface area contributed by atoms with Gasteiger partial charge in [0.05, 0.1) is 12.1 Å². The molecular formula is C22H23F3N2O5S. The molecule has 178 valence electrons. The lowest BCUT2D eigenvalue weighted by molar-refractivity contribution is -0.274. The third kappa shape index (κ3) is 6.11. The Bertz CT molecular complexity index is 1040. The summed E-state index contributed by atoms with van der Waals surface area (Å²) in [7, 11) is 0. The lowest BCUT2D eigenvalue weighted by Crippen LogP contribution is -2.44. The third-order valence-corrected chi connectivity index (χ3v) is 6.61. The van der Waals surface area contributed by atoms with Crippen LogP contribution in [0.5, 0.6) is 5.75 Å². The van der Waals surface area contributed by atoms with E-state index >= 15 is 0 Å². The summed E-state index contributed by atoms with van der Waals surface area (Å²) in [5.41, 5.74) is 0.360. The van der Waals surface area contributed by atoms with Gasteiger partial charge in [-0.15, -0.1) is 24.5 Å². The molecule has 2 N–H and O–H groups in total. The second-order valence-corrected chi connectivity index (χ2v) is 8.85. The number of anilines is 1. The number of alkyl halides is 3. The van der Waals surface area contributed by atoms with Gasteiger partial charge in [-0.3, -0.25) is 19.3 Å². The number of carbonyl (C=O) groups is 3. The normalized spacial score (nSPS) is 18.8. The Morgan fingerprint density at radius 3 is 2.45 bits per heavy atom. The molecule has 7 nitrogen and oxygen atoms in total. The number of ether oxygens (including phenoxy) is 1. The number of likely N-dealkylation sites (tertiary alicyclic amines) is 1. The SMILES string of the molecule is CCc1cc(C(=O)c2ccc(OC(F)(F)F)cc2)c(NC(=O)CN2[C@@H](C(=O)O)CC[C@@H]2C)s1. The number of aliphatic carboxylic acids is 1. The van der Waals surface area contributed by atoms with E-state index in [1.54, 1.807) is 11.0 Å². The zero-order valence-electron chi connectivity index (χ0n) is 17.9. The number of hydrogen-bond acceptors (Lipinski definition) is 6. The number of nitrogens with one attached hydrogen (secondary N) is 1. The summed E-state index contributed by atoms with van der Waals surface area (Å²) in [5.74, 6) is -2.33. The van der Waals surface area contributed by atoms with Crippen molar-refractivity contribution in [3.63, 3.8) is 0 Å². The van der Waals surface area contributed by atoms with Gasteiger partial charge < -0.3 is 15.2 Å². The van der Waals surface area contributed by atoms with Crippen LogP contribution in [0.15, 0.2) is 30.3 Å².